The summed E-state index contributed by atoms with van der Waals surface area (Å²) < 4.78 is 1.66. The van der Waals surface area contributed by atoms with Gasteiger partial charge in [0.05, 0.1) is 16.6 Å². The molecule has 0 radical (unpaired) electrons. The Labute approximate surface area is 151 Å². The summed E-state index contributed by atoms with van der Waals surface area (Å²) in [5, 5.41) is 0.615. The van der Waals surface area contributed by atoms with E-state index in [0.29, 0.717) is 16.7 Å². The zero-order chi connectivity index (χ0) is 17.9. The van der Waals surface area contributed by atoms with Crippen LogP contribution in [0, 0.1) is 6.92 Å². The molecule has 126 valence electrons. The maximum absolute atomic E-state index is 13.1. The first-order valence-corrected chi connectivity index (χ1v) is 8.55. The van der Waals surface area contributed by atoms with Gasteiger partial charge in [0.1, 0.15) is 5.82 Å². The van der Waals surface area contributed by atoms with Crippen molar-refractivity contribution < 1.29 is 0 Å². The van der Waals surface area contributed by atoms with Gasteiger partial charge in [-0.3, -0.25) is 9.36 Å². The van der Waals surface area contributed by atoms with Crippen molar-refractivity contribution in [3.63, 3.8) is 0 Å². The fraction of sp³-hybridized carbons (Fsp3) is 0.0435. The van der Waals surface area contributed by atoms with Crippen LogP contribution in [0.1, 0.15) is 17.0 Å². The van der Waals surface area contributed by atoms with E-state index in [1.54, 1.807) is 4.57 Å². The zero-order valence-electron chi connectivity index (χ0n) is 14.5. The quantitative estimate of drug-likeness (QED) is 0.534. The van der Waals surface area contributed by atoms with Gasteiger partial charge in [-0.15, -0.1) is 0 Å². The summed E-state index contributed by atoms with van der Waals surface area (Å²) in [6.07, 6.45) is 3.91. The summed E-state index contributed by atoms with van der Waals surface area (Å²) in [6, 6.07) is 25.2. The largest absolute Gasteiger partial charge is 0.268 e. The fourth-order valence-electron chi connectivity index (χ4n) is 3.03. The van der Waals surface area contributed by atoms with Crippen LogP contribution < -0.4 is 5.56 Å². The van der Waals surface area contributed by atoms with E-state index < -0.39 is 0 Å². The molecule has 0 unspecified atom stereocenters. The van der Waals surface area contributed by atoms with Crippen molar-refractivity contribution in [1.82, 2.24) is 9.55 Å². The summed E-state index contributed by atoms with van der Waals surface area (Å²) in [7, 11) is 0. The molecule has 0 aliphatic heterocycles. The smallest absolute Gasteiger partial charge is 0.266 e. The summed E-state index contributed by atoms with van der Waals surface area (Å²) in [5.41, 5.74) is 3.73. The maximum atomic E-state index is 13.1. The summed E-state index contributed by atoms with van der Waals surface area (Å²) >= 11 is 0. The lowest BCUT2D eigenvalue weighted by Crippen LogP contribution is -2.22. The number of aromatic nitrogens is 2. The van der Waals surface area contributed by atoms with Crippen LogP contribution in [0.4, 0.5) is 0 Å². The average molecular weight is 338 g/mol. The first-order chi connectivity index (χ1) is 12.7. The van der Waals surface area contributed by atoms with Crippen molar-refractivity contribution in [1.29, 1.82) is 0 Å². The van der Waals surface area contributed by atoms with Crippen LogP contribution in [0.25, 0.3) is 28.7 Å². The predicted molar refractivity (Wildman–Crippen MR) is 107 cm³/mol. The Balaban J connectivity index is 1.96. The van der Waals surface area contributed by atoms with Crippen molar-refractivity contribution in [2.24, 2.45) is 0 Å². The van der Waals surface area contributed by atoms with E-state index in [2.05, 4.69) is 19.1 Å². The Morgan fingerprint density at radius 3 is 2.31 bits per heavy atom. The second-order valence-corrected chi connectivity index (χ2v) is 6.15. The Kier molecular flexibility index (Phi) is 4.20. The van der Waals surface area contributed by atoms with Crippen LogP contribution >= 0.6 is 0 Å². The van der Waals surface area contributed by atoms with Crippen molar-refractivity contribution in [3.05, 3.63) is 106 Å². The van der Waals surface area contributed by atoms with Crippen LogP contribution in [0.5, 0.6) is 0 Å². The first-order valence-electron chi connectivity index (χ1n) is 8.55. The number of hydrogen-bond acceptors (Lipinski definition) is 2. The minimum Gasteiger partial charge on any atom is -0.268 e. The predicted octanol–water partition coefficient (Wildman–Crippen LogP) is 4.86. The second kappa shape index (κ2) is 6.81. The molecule has 1 heterocycles. The molecule has 1 aromatic heterocycles. The standard InChI is InChI=1S/C23H18N2O/c1-17-9-5-6-10-18(17)15-16-22-24-21-14-8-7-13-20(21)23(26)25(22)19-11-3-2-4-12-19/h2-16H,1H3. The van der Waals surface area contributed by atoms with Crippen LogP contribution in [-0.2, 0) is 0 Å². The SMILES string of the molecule is Cc1ccccc1C=Cc1nc2ccccc2c(=O)n1-c1ccccc1. The molecule has 0 atom stereocenters. The van der Waals surface area contributed by atoms with Gasteiger partial charge in [-0.1, -0.05) is 60.7 Å². The molecule has 0 saturated heterocycles. The number of para-hydroxylation sites is 2. The van der Waals surface area contributed by atoms with Crippen molar-refractivity contribution in [3.8, 4) is 5.69 Å². The molecule has 0 N–H and O–H groups in total. The van der Waals surface area contributed by atoms with Gasteiger partial charge in [-0.2, -0.15) is 0 Å². The maximum Gasteiger partial charge on any atom is 0.266 e. The van der Waals surface area contributed by atoms with Crippen LogP contribution in [0.3, 0.4) is 0 Å². The molecule has 0 bridgehead atoms. The van der Waals surface area contributed by atoms with Gasteiger partial charge in [0.25, 0.3) is 5.56 Å². The number of rotatable bonds is 3. The zero-order valence-corrected chi connectivity index (χ0v) is 14.5. The van der Waals surface area contributed by atoms with Crippen LogP contribution in [0.15, 0.2) is 83.7 Å². The highest BCUT2D eigenvalue weighted by molar-refractivity contribution is 5.80. The Bertz CT molecular complexity index is 1160. The van der Waals surface area contributed by atoms with Gasteiger partial charge in [0, 0.05) is 0 Å². The molecular weight excluding hydrogens is 320 g/mol. The Hall–Kier alpha value is -3.46. The lowest BCUT2D eigenvalue weighted by Gasteiger charge is -2.11. The van der Waals surface area contributed by atoms with E-state index >= 15 is 0 Å². The molecule has 4 aromatic rings. The molecule has 0 aliphatic rings. The van der Waals surface area contributed by atoms with Crippen molar-refractivity contribution in [2.45, 2.75) is 6.92 Å². The molecule has 0 aliphatic carbocycles. The number of aryl methyl sites for hydroxylation is 1. The number of benzene rings is 3. The van der Waals surface area contributed by atoms with Gasteiger partial charge in [-0.05, 0) is 48.4 Å². The molecule has 3 nitrogen and oxygen atoms in total. The number of nitrogens with zero attached hydrogens (tertiary/aromatic N) is 2. The number of fused-ring (bicyclic) bond motifs is 1. The van der Waals surface area contributed by atoms with E-state index in [4.69, 9.17) is 4.98 Å². The van der Waals surface area contributed by atoms with E-state index in [1.165, 1.54) is 5.56 Å². The fourth-order valence-corrected chi connectivity index (χ4v) is 3.03. The number of hydrogen-bond donors (Lipinski definition) is 0. The lowest BCUT2D eigenvalue weighted by molar-refractivity contribution is 0.944. The summed E-state index contributed by atoms with van der Waals surface area (Å²) in [5.74, 6) is 0.614. The minimum absolute atomic E-state index is 0.0637. The van der Waals surface area contributed by atoms with E-state index in [0.717, 1.165) is 11.3 Å². The molecule has 3 heteroatoms. The third kappa shape index (κ3) is 2.95. The third-order valence-corrected chi connectivity index (χ3v) is 4.42. The molecule has 3 aromatic carbocycles. The van der Waals surface area contributed by atoms with Gasteiger partial charge >= 0.3 is 0 Å². The van der Waals surface area contributed by atoms with Crippen LogP contribution in [-0.4, -0.2) is 9.55 Å². The molecular formula is C23H18N2O. The Morgan fingerprint density at radius 1 is 0.808 bits per heavy atom. The molecule has 0 saturated carbocycles. The first kappa shape index (κ1) is 16.0. The van der Waals surface area contributed by atoms with Gasteiger partial charge in [0.15, 0.2) is 0 Å². The molecule has 0 spiro atoms. The highest BCUT2D eigenvalue weighted by Crippen LogP contribution is 2.16. The van der Waals surface area contributed by atoms with Crippen LogP contribution in [0.2, 0.25) is 0 Å². The van der Waals surface area contributed by atoms with E-state index in [-0.39, 0.29) is 5.56 Å². The topological polar surface area (TPSA) is 34.9 Å². The molecule has 26 heavy (non-hydrogen) atoms. The van der Waals surface area contributed by atoms with Crippen molar-refractivity contribution in [2.75, 3.05) is 0 Å². The average Bonchev–Trinajstić information content (AvgIpc) is 2.68. The summed E-state index contributed by atoms with van der Waals surface area (Å²) in [4.78, 5) is 17.9. The van der Waals surface area contributed by atoms with Crippen molar-refractivity contribution >= 4 is 23.1 Å². The molecule has 4 rings (SSSR count). The van der Waals surface area contributed by atoms with E-state index in [1.807, 2.05) is 78.9 Å². The second-order valence-electron chi connectivity index (χ2n) is 6.15. The lowest BCUT2D eigenvalue weighted by atomic mass is 10.1. The minimum atomic E-state index is -0.0637. The van der Waals surface area contributed by atoms with Gasteiger partial charge in [-0.25, -0.2) is 4.98 Å². The third-order valence-electron chi connectivity index (χ3n) is 4.42. The highest BCUT2D eigenvalue weighted by Gasteiger charge is 2.10. The Morgan fingerprint density at radius 2 is 1.50 bits per heavy atom. The molecule has 0 amide bonds. The normalized spacial score (nSPS) is 11.3. The van der Waals surface area contributed by atoms with Gasteiger partial charge < -0.3 is 0 Å². The molecule has 0 fully saturated rings. The monoisotopic (exact) mass is 338 g/mol. The van der Waals surface area contributed by atoms with Gasteiger partial charge in [0.2, 0.25) is 0 Å². The highest BCUT2D eigenvalue weighted by atomic mass is 16.1. The summed E-state index contributed by atoms with van der Waals surface area (Å²) in [6.45, 7) is 2.07. The van der Waals surface area contributed by atoms with E-state index in [9.17, 15) is 4.79 Å².